The quantitative estimate of drug-likeness (QED) is 0.623. The number of carbonyl (C=O) groups excluding carboxylic acids is 1. The molecule has 0 radical (unpaired) electrons. The number of hydrogen-bond acceptors (Lipinski definition) is 3. The summed E-state index contributed by atoms with van der Waals surface area (Å²) in [6.45, 7) is 1.87. The summed E-state index contributed by atoms with van der Waals surface area (Å²) in [7, 11) is 1.33. The third kappa shape index (κ3) is 3.49. The number of amides is 1. The largest absolute Gasteiger partial charge is 0.453 e. The molecule has 0 aromatic carbocycles. The summed E-state index contributed by atoms with van der Waals surface area (Å²) in [4.78, 5) is 12.9. The van der Waals surface area contributed by atoms with Crippen LogP contribution in [0.5, 0.6) is 0 Å². The molecule has 0 aliphatic carbocycles. The SMILES string of the molecule is COC(=O)NC(=S)N1CCCCCC1. The molecule has 0 aromatic rings. The third-order valence-corrected chi connectivity index (χ3v) is 2.65. The molecule has 0 unspecified atom stereocenters. The first-order chi connectivity index (χ1) is 6.74. The van der Waals surface area contributed by atoms with Gasteiger partial charge in [-0.3, -0.25) is 5.32 Å². The maximum absolute atomic E-state index is 10.9. The zero-order valence-electron chi connectivity index (χ0n) is 8.41. The molecular formula is C9H16N2O2S. The third-order valence-electron chi connectivity index (χ3n) is 2.29. The van der Waals surface area contributed by atoms with Crippen LogP contribution < -0.4 is 5.32 Å². The van der Waals surface area contributed by atoms with E-state index < -0.39 is 6.09 Å². The highest BCUT2D eigenvalue weighted by Crippen LogP contribution is 2.09. The van der Waals surface area contributed by atoms with Gasteiger partial charge in [-0.2, -0.15) is 0 Å². The van der Waals surface area contributed by atoms with Crippen molar-refractivity contribution in [3.8, 4) is 0 Å². The number of carbonyl (C=O) groups is 1. The van der Waals surface area contributed by atoms with Gasteiger partial charge in [0.2, 0.25) is 0 Å². The van der Waals surface area contributed by atoms with Gasteiger partial charge >= 0.3 is 6.09 Å². The Morgan fingerprint density at radius 3 is 2.36 bits per heavy atom. The van der Waals surface area contributed by atoms with Crippen LogP contribution in [-0.4, -0.2) is 36.3 Å². The molecule has 1 amide bonds. The summed E-state index contributed by atoms with van der Waals surface area (Å²) in [5.41, 5.74) is 0. The van der Waals surface area contributed by atoms with Gasteiger partial charge in [0, 0.05) is 13.1 Å². The molecule has 1 rings (SSSR count). The lowest BCUT2D eigenvalue weighted by Crippen LogP contribution is -2.43. The first-order valence-corrected chi connectivity index (χ1v) is 5.28. The molecule has 0 spiro atoms. The summed E-state index contributed by atoms with van der Waals surface area (Å²) in [6.07, 6.45) is 4.29. The van der Waals surface area contributed by atoms with Crippen molar-refractivity contribution in [1.29, 1.82) is 0 Å². The maximum atomic E-state index is 10.9. The van der Waals surface area contributed by atoms with Crippen molar-refractivity contribution in [3.63, 3.8) is 0 Å². The minimum atomic E-state index is -0.487. The number of rotatable bonds is 0. The van der Waals surface area contributed by atoms with Crippen LogP contribution in [0.3, 0.4) is 0 Å². The van der Waals surface area contributed by atoms with Crippen LogP contribution in [0.2, 0.25) is 0 Å². The molecule has 1 N–H and O–H groups in total. The van der Waals surface area contributed by atoms with Gasteiger partial charge in [-0.25, -0.2) is 4.79 Å². The first-order valence-electron chi connectivity index (χ1n) is 4.88. The van der Waals surface area contributed by atoms with Crippen LogP contribution in [0.25, 0.3) is 0 Å². The van der Waals surface area contributed by atoms with E-state index in [1.54, 1.807) is 0 Å². The van der Waals surface area contributed by atoms with Gasteiger partial charge < -0.3 is 9.64 Å². The van der Waals surface area contributed by atoms with Gasteiger partial charge in [-0.15, -0.1) is 0 Å². The minimum Gasteiger partial charge on any atom is -0.453 e. The molecule has 1 fully saturated rings. The van der Waals surface area contributed by atoms with Gasteiger partial charge in [-0.1, -0.05) is 12.8 Å². The Bertz CT molecular complexity index is 213. The topological polar surface area (TPSA) is 41.6 Å². The van der Waals surface area contributed by atoms with E-state index >= 15 is 0 Å². The Balaban J connectivity index is 2.38. The van der Waals surface area contributed by atoms with Crippen molar-refractivity contribution in [1.82, 2.24) is 10.2 Å². The second-order valence-corrected chi connectivity index (χ2v) is 3.71. The average molecular weight is 216 g/mol. The maximum Gasteiger partial charge on any atom is 0.413 e. The Kier molecular flexibility index (Phi) is 4.65. The van der Waals surface area contributed by atoms with Crippen molar-refractivity contribution in [2.45, 2.75) is 25.7 Å². The van der Waals surface area contributed by atoms with E-state index in [9.17, 15) is 4.79 Å². The van der Waals surface area contributed by atoms with Crippen LogP contribution in [0.1, 0.15) is 25.7 Å². The van der Waals surface area contributed by atoms with E-state index in [1.807, 2.05) is 4.90 Å². The monoisotopic (exact) mass is 216 g/mol. The smallest absolute Gasteiger partial charge is 0.413 e. The molecule has 80 valence electrons. The molecule has 0 saturated carbocycles. The fourth-order valence-corrected chi connectivity index (χ4v) is 1.76. The van der Waals surface area contributed by atoms with Gasteiger partial charge in [0.15, 0.2) is 5.11 Å². The van der Waals surface area contributed by atoms with Crippen molar-refractivity contribution >= 4 is 23.4 Å². The predicted octanol–water partition coefficient (Wildman–Crippen LogP) is 1.50. The Morgan fingerprint density at radius 2 is 1.86 bits per heavy atom. The van der Waals surface area contributed by atoms with Gasteiger partial charge in [0.25, 0.3) is 0 Å². The zero-order valence-corrected chi connectivity index (χ0v) is 9.23. The highest BCUT2D eigenvalue weighted by Gasteiger charge is 2.14. The second kappa shape index (κ2) is 5.80. The van der Waals surface area contributed by atoms with E-state index in [2.05, 4.69) is 10.1 Å². The summed E-state index contributed by atoms with van der Waals surface area (Å²) >= 11 is 5.09. The zero-order chi connectivity index (χ0) is 10.4. The summed E-state index contributed by atoms with van der Waals surface area (Å²) in [5, 5.41) is 3.01. The van der Waals surface area contributed by atoms with E-state index in [4.69, 9.17) is 12.2 Å². The lowest BCUT2D eigenvalue weighted by Gasteiger charge is -2.22. The predicted molar refractivity (Wildman–Crippen MR) is 58.2 cm³/mol. The highest BCUT2D eigenvalue weighted by atomic mass is 32.1. The molecule has 1 aliphatic heterocycles. The number of methoxy groups -OCH3 is 1. The van der Waals surface area contributed by atoms with Crippen molar-refractivity contribution in [2.24, 2.45) is 0 Å². The molecule has 0 aromatic heterocycles. The fraction of sp³-hybridized carbons (Fsp3) is 0.778. The number of ether oxygens (including phenoxy) is 1. The summed E-state index contributed by atoms with van der Waals surface area (Å²) in [5.74, 6) is 0. The van der Waals surface area contributed by atoms with Gasteiger partial charge in [0.1, 0.15) is 0 Å². The second-order valence-electron chi connectivity index (χ2n) is 3.32. The van der Waals surface area contributed by atoms with E-state index in [0.717, 1.165) is 25.9 Å². The van der Waals surface area contributed by atoms with Crippen LogP contribution in [0, 0.1) is 0 Å². The molecule has 1 aliphatic rings. The van der Waals surface area contributed by atoms with Gasteiger partial charge in [-0.05, 0) is 25.1 Å². The summed E-state index contributed by atoms with van der Waals surface area (Å²) in [6, 6.07) is 0. The molecule has 5 heteroatoms. The number of alkyl carbamates (subject to hydrolysis) is 1. The molecule has 1 heterocycles. The molecule has 14 heavy (non-hydrogen) atoms. The summed E-state index contributed by atoms with van der Waals surface area (Å²) < 4.78 is 4.48. The molecule has 1 saturated heterocycles. The molecular weight excluding hydrogens is 200 g/mol. The lowest BCUT2D eigenvalue weighted by atomic mass is 10.2. The molecule has 4 nitrogen and oxygen atoms in total. The van der Waals surface area contributed by atoms with Crippen molar-refractivity contribution in [2.75, 3.05) is 20.2 Å². The Hall–Kier alpha value is -0.840. The van der Waals surface area contributed by atoms with E-state index in [1.165, 1.54) is 20.0 Å². The standard InChI is InChI=1S/C9H16N2O2S/c1-13-9(12)10-8(14)11-6-4-2-3-5-7-11/h2-7H2,1H3,(H,10,12,14). The van der Waals surface area contributed by atoms with Crippen LogP contribution in [0.4, 0.5) is 4.79 Å². The van der Waals surface area contributed by atoms with Crippen LogP contribution in [-0.2, 0) is 4.74 Å². The normalized spacial score (nSPS) is 17.1. The Labute approximate surface area is 89.6 Å². The molecule has 0 atom stereocenters. The number of thiocarbonyl (C=S) groups is 1. The van der Waals surface area contributed by atoms with Gasteiger partial charge in [0.05, 0.1) is 7.11 Å². The fourth-order valence-electron chi connectivity index (χ4n) is 1.49. The van der Waals surface area contributed by atoms with E-state index in [0.29, 0.717) is 5.11 Å². The number of nitrogens with zero attached hydrogens (tertiary/aromatic N) is 1. The lowest BCUT2D eigenvalue weighted by molar-refractivity contribution is 0.175. The van der Waals surface area contributed by atoms with Crippen LogP contribution in [0.15, 0.2) is 0 Å². The first kappa shape index (κ1) is 11.2. The number of nitrogens with one attached hydrogen (secondary N) is 1. The van der Waals surface area contributed by atoms with Crippen LogP contribution >= 0.6 is 12.2 Å². The number of likely N-dealkylation sites (tertiary alicyclic amines) is 1. The van der Waals surface area contributed by atoms with Crippen molar-refractivity contribution in [3.05, 3.63) is 0 Å². The van der Waals surface area contributed by atoms with E-state index in [-0.39, 0.29) is 0 Å². The Morgan fingerprint density at radius 1 is 1.29 bits per heavy atom. The number of hydrogen-bond donors (Lipinski definition) is 1. The molecule has 0 bridgehead atoms. The highest BCUT2D eigenvalue weighted by molar-refractivity contribution is 7.80. The minimum absolute atomic E-state index is 0.485. The van der Waals surface area contributed by atoms with Crippen molar-refractivity contribution < 1.29 is 9.53 Å². The average Bonchev–Trinajstić information content (AvgIpc) is 2.45.